The van der Waals surface area contributed by atoms with E-state index in [0.29, 0.717) is 12.2 Å². The first-order valence-corrected chi connectivity index (χ1v) is 9.05. The zero-order valence-corrected chi connectivity index (χ0v) is 12.4. The van der Waals surface area contributed by atoms with Crippen LogP contribution in [-0.2, 0) is 18.7 Å². The first-order valence-electron chi connectivity index (χ1n) is 5.93. The maximum atomic E-state index is 11.0. The van der Waals surface area contributed by atoms with Crippen LogP contribution in [0.4, 0.5) is 0 Å². The van der Waals surface area contributed by atoms with Crippen molar-refractivity contribution in [2.75, 3.05) is 20.0 Å². The standard InChI is InChI=1S/C12H24O4Si/c1-6-16-17(4,5)9-7-8-14-10-15-12(13)11(2)3/h2,6-10H2,1,3-5H3. The predicted molar refractivity (Wildman–Crippen MR) is 70.3 cm³/mol. The molecule has 0 bridgehead atoms. The molecular formula is C12H24O4Si. The second-order valence-corrected chi connectivity index (χ2v) is 8.84. The molecule has 4 nitrogen and oxygen atoms in total. The van der Waals surface area contributed by atoms with E-state index < -0.39 is 14.3 Å². The van der Waals surface area contributed by atoms with E-state index in [1.54, 1.807) is 6.92 Å². The highest BCUT2D eigenvalue weighted by atomic mass is 28.4. The van der Waals surface area contributed by atoms with Crippen molar-refractivity contribution in [3.63, 3.8) is 0 Å². The second kappa shape index (κ2) is 8.44. The number of esters is 1. The summed E-state index contributed by atoms with van der Waals surface area (Å²) in [6, 6.07) is 1.05. The Morgan fingerprint density at radius 3 is 2.53 bits per heavy atom. The van der Waals surface area contributed by atoms with Gasteiger partial charge in [0, 0.05) is 12.2 Å². The zero-order chi connectivity index (χ0) is 13.3. The second-order valence-electron chi connectivity index (χ2n) is 4.53. The Morgan fingerprint density at radius 2 is 2.00 bits per heavy atom. The average molecular weight is 260 g/mol. The lowest BCUT2D eigenvalue weighted by atomic mass is 10.4. The van der Waals surface area contributed by atoms with Gasteiger partial charge < -0.3 is 13.9 Å². The molecule has 5 heteroatoms. The molecule has 0 aromatic carbocycles. The van der Waals surface area contributed by atoms with Gasteiger partial charge in [0.1, 0.15) is 0 Å². The topological polar surface area (TPSA) is 44.8 Å². The van der Waals surface area contributed by atoms with Crippen molar-refractivity contribution < 1.29 is 18.7 Å². The van der Waals surface area contributed by atoms with Gasteiger partial charge in [0.15, 0.2) is 15.1 Å². The summed E-state index contributed by atoms with van der Waals surface area (Å²) in [5.74, 6) is -0.408. The molecule has 0 fully saturated rings. The maximum Gasteiger partial charge on any atom is 0.335 e. The molecule has 0 heterocycles. The maximum absolute atomic E-state index is 11.0. The van der Waals surface area contributed by atoms with Crippen LogP contribution in [-0.4, -0.2) is 34.3 Å². The lowest BCUT2D eigenvalue weighted by Crippen LogP contribution is -2.30. The molecule has 0 saturated carbocycles. The Balaban J connectivity index is 3.47. The van der Waals surface area contributed by atoms with Crippen LogP contribution in [0.15, 0.2) is 12.2 Å². The quantitative estimate of drug-likeness (QED) is 0.210. The van der Waals surface area contributed by atoms with E-state index in [-0.39, 0.29) is 6.79 Å². The molecule has 0 radical (unpaired) electrons. The van der Waals surface area contributed by atoms with E-state index in [1.807, 2.05) is 6.92 Å². The zero-order valence-electron chi connectivity index (χ0n) is 11.4. The molecule has 0 aliphatic rings. The third kappa shape index (κ3) is 9.09. The van der Waals surface area contributed by atoms with E-state index in [9.17, 15) is 4.79 Å². The van der Waals surface area contributed by atoms with Crippen molar-refractivity contribution >= 4 is 14.3 Å². The van der Waals surface area contributed by atoms with E-state index in [2.05, 4.69) is 19.7 Å². The Kier molecular flexibility index (Phi) is 8.12. The first-order chi connectivity index (χ1) is 7.89. The monoisotopic (exact) mass is 260 g/mol. The van der Waals surface area contributed by atoms with Gasteiger partial charge in [-0.15, -0.1) is 0 Å². The van der Waals surface area contributed by atoms with Crippen molar-refractivity contribution in [3.8, 4) is 0 Å². The SMILES string of the molecule is C=C(C)C(=O)OCOCCC[Si](C)(C)OCC. The highest BCUT2D eigenvalue weighted by Crippen LogP contribution is 2.13. The summed E-state index contributed by atoms with van der Waals surface area (Å²) in [5.41, 5.74) is 0.387. The van der Waals surface area contributed by atoms with E-state index in [1.165, 1.54) is 0 Å². The predicted octanol–water partition coefficient (Wildman–Crippen LogP) is 2.71. The fourth-order valence-electron chi connectivity index (χ4n) is 1.34. The summed E-state index contributed by atoms with van der Waals surface area (Å²) in [6.07, 6.45) is 0.934. The molecule has 0 aliphatic heterocycles. The fourth-order valence-corrected chi connectivity index (χ4v) is 3.26. The number of hydrogen-bond acceptors (Lipinski definition) is 4. The summed E-state index contributed by atoms with van der Waals surface area (Å²) in [4.78, 5) is 11.0. The van der Waals surface area contributed by atoms with Crippen LogP contribution < -0.4 is 0 Å². The van der Waals surface area contributed by atoms with E-state index in [0.717, 1.165) is 19.1 Å². The van der Waals surface area contributed by atoms with Crippen molar-refractivity contribution in [2.24, 2.45) is 0 Å². The third-order valence-electron chi connectivity index (χ3n) is 2.22. The molecule has 100 valence electrons. The van der Waals surface area contributed by atoms with Gasteiger partial charge in [0.2, 0.25) is 0 Å². The van der Waals surface area contributed by atoms with Gasteiger partial charge in [-0.25, -0.2) is 4.79 Å². The van der Waals surface area contributed by atoms with Crippen LogP contribution in [0.3, 0.4) is 0 Å². The summed E-state index contributed by atoms with van der Waals surface area (Å²) >= 11 is 0. The van der Waals surface area contributed by atoms with Crippen LogP contribution in [0.2, 0.25) is 19.1 Å². The number of carbonyl (C=O) groups is 1. The van der Waals surface area contributed by atoms with Crippen LogP contribution in [0, 0.1) is 0 Å². The molecule has 17 heavy (non-hydrogen) atoms. The first kappa shape index (κ1) is 16.3. The van der Waals surface area contributed by atoms with Gasteiger partial charge in [0.25, 0.3) is 0 Å². The lowest BCUT2D eigenvalue weighted by molar-refractivity contribution is -0.151. The smallest absolute Gasteiger partial charge is 0.335 e. The fraction of sp³-hybridized carbons (Fsp3) is 0.750. The van der Waals surface area contributed by atoms with Crippen molar-refractivity contribution in [1.29, 1.82) is 0 Å². The van der Waals surface area contributed by atoms with Gasteiger partial charge in [0.05, 0.1) is 6.61 Å². The van der Waals surface area contributed by atoms with E-state index in [4.69, 9.17) is 13.9 Å². The Morgan fingerprint density at radius 1 is 1.35 bits per heavy atom. The normalized spacial score (nSPS) is 11.3. The van der Waals surface area contributed by atoms with E-state index >= 15 is 0 Å². The summed E-state index contributed by atoms with van der Waals surface area (Å²) < 4.78 is 15.7. The molecule has 0 aromatic rings. The van der Waals surface area contributed by atoms with Crippen LogP contribution in [0.5, 0.6) is 0 Å². The summed E-state index contributed by atoms with van der Waals surface area (Å²) in [7, 11) is -1.51. The lowest BCUT2D eigenvalue weighted by Gasteiger charge is -2.21. The molecule has 0 rings (SSSR count). The molecule has 0 amide bonds. The van der Waals surface area contributed by atoms with Crippen LogP contribution >= 0.6 is 0 Å². The summed E-state index contributed by atoms with van der Waals surface area (Å²) in [5, 5.41) is 0. The van der Waals surface area contributed by atoms with Crippen molar-refractivity contribution in [3.05, 3.63) is 12.2 Å². The Labute approximate surface area is 105 Å². The molecule has 0 unspecified atom stereocenters. The van der Waals surface area contributed by atoms with Gasteiger partial charge in [-0.1, -0.05) is 6.58 Å². The molecular weight excluding hydrogens is 236 g/mol. The minimum Gasteiger partial charge on any atom is -0.435 e. The van der Waals surface area contributed by atoms with Gasteiger partial charge in [-0.3, -0.25) is 0 Å². The highest BCUT2D eigenvalue weighted by molar-refractivity contribution is 6.71. The molecule has 0 atom stereocenters. The van der Waals surface area contributed by atoms with Crippen molar-refractivity contribution in [2.45, 2.75) is 39.4 Å². The van der Waals surface area contributed by atoms with Crippen molar-refractivity contribution in [1.82, 2.24) is 0 Å². The summed E-state index contributed by atoms with van der Waals surface area (Å²) in [6.45, 7) is 12.9. The number of ether oxygens (including phenoxy) is 2. The van der Waals surface area contributed by atoms with Crippen LogP contribution in [0.25, 0.3) is 0 Å². The van der Waals surface area contributed by atoms with Gasteiger partial charge >= 0.3 is 5.97 Å². The third-order valence-corrected chi connectivity index (χ3v) is 4.85. The molecule has 0 spiro atoms. The Bertz CT molecular complexity index is 251. The molecule has 0 saturated heterocycles. The minimum absolute atomic E-state index is 0.00229. The average Bonchev–Trinajstić information content (AvgIpc) is 2.22. The van der Waals surface area contributed by atoms with Gasteiger partial charge in [-0.05, 0) is 39.4 Å². The molecule has 0 aliphatic carbocycles. The molecule has 0 N–H and O–H groups in total. The molecule has 0 aromatic heterocycles. The highest BCUT2D eigenvalue weighted by Gasteiger charge is 2.20. The number of rotatable bonds is 9. The number of hydrogen-bond donors (Lipinski definition) is 0. The van der Waals surface area contributed by atoms with Gasteiger partial charge in [-0.2, -0.15) is 0 Å². The largest absolute Gasteiger partial charge is 0.435 e. The van der Waals surface area contributed by atoms with Crippen LogP contribution in [0.1, 0.15) is 20.3 Å². The number of carbonyl (C=O) groups excluding carboxylic acids is 1. The Hall–Kier alpha value is -0.653. The minimum atomic E-state index is -1.51.